The van der Waals surface area contributed by atoms with Gasteiger partial charge in [-0.1, -0.05) is 42.1 Å². The third-order valence-electron chi connectivity index (χ3n) is 4.76. The molecule has 2 aromatic carbocycles. The summed E-state index contributed by atoms with van der Waals surface area (Å²) in [7, 11) is 5.64. The Hall–Kier alpha value is -3.26. The van der Waals surface area contributed by atoms with Crippen LogP contribution >= 0.6 is 11.8 Å². The summed E-state index contributed by atoms with van der Waals surface area (Å²) in [5.41, 5.74) is 3.18. The number of imidazole rings is 1. The average molecular weight is 439 g/mol. The summed E-state index contributed by atoms with van der Waals surface area (Å²) < 4.78 is 7.04. The Kier molecular flexibility index (Phi) is 7.36. The lowest BCUT2D eigenvalue weighted by molar-refractivity contribution is -0.133. The minimum Gasteiger partial charge on any atom is -0.451 e. The van der Waals surface area contributed by atoms with Gasteiger partial charge in [0.05, 0.1) is 6.20 Å². The molecule has 8 heteroatoms. The molecule has 3 aromatic rings. The van der Waals surface area contributed by atoms with E-state index in [0.29, 0.717) is 11.7 Å². The van der Waals surface area contributed by atoms with Crippen LogP contribution in [0.15, 0.2) is 66.0 Å². The first kappa shape index (κ1) is 22.4. The SMILES string of the molecule is CSc1ncc(C(=O)OCC(=O)N(C)Cc2ccc(N(C)C)cc2)n1-c1ccccc1. The monoisotopic (exact) mass is 438 g/mol. The third kappa shape index (κ3) is 5.46. The second kappa shape index (κ2) is 10.2. The van der Waals surface area contributed by atoms with E-state index in [9.17, 15) is 9.59 Å². The van der Waals surface area contributed by atoms with Gasteiger partial charge in [0.25, 0.3) is 5.91 Å². The molecule has 1 amide bonds. The Morgan fingerprint density at radius 3 is 2.32 bits per heavy atom. The highest BCUT2D eigenvalue weighted by Gasteiger charge is 2.20. The second-order valence-corrected chi connectivity index (χ2v) is 7.96. The molecule has 0 atom stereocenters. The minimum atomic E-state index is -0.589. The fourth-order valence-electron chi connectivity index (χ4n) is 3.02. The van der Waals surface area contributed by atoms with Gasteiger partial charge in [0, 0.05) is 39.1 Å². The topological polar surface area (TPSA) is 67.7 Å². The molecular formula is C23H26N4O3S. The van der Waals surface area contributed by atoms with E-state index in [4.69, 9.17) is 4.74 Å². The summed E-state index contributed by atoms with van der Waals surface area (Å²) in [6.07, 6.45) is 3.36. The number of esters is 1. The van der Waals surface area contributed by atoms with Gasteiger partial charge < -0.3 is 14.5 Å². The van der Waals surface area contributed by atoms with Crippen molar-refractivity contribution in [1.82, 2.24) is 14.5 Å². The molecule has 0 spiro atoms. The van der Waals surface area contributed by atoms with E-state index in [1.807, 2.05) is 79.8 Å². The van der Waals surface area contributed by atoms with Crippen LogP contribution in [0, 0.1) is 0 Å². The Morgan fingerprint density at radius 2 is 1.71 bits per heavy atom. The van der Waals surface area contributed by atoms with E-state index in [2.05, 4.69) is 4.98 Å². The molecule has 0 bridgehead atoms. The molecule has 0 radical (unpaired) electrons. The van der Waals surface area contributed by atoms with Gasteiger partial charge in [-0.25, -0.2) is 9.78 Å². The number of anilines is 1. The van der Waals surface area contributed by atoms with Gasteiger partial charge in [0.1, 0.15) is 0 Å². The molecular weight excluding hydrogens is 412 g/mol. The number of ether oxygens (including phenoxy) is 1. The number of benzene rings is 2. The highest BCUT2D eigenvalue weighted by atomic mass is 32.2. The molecule has 0 saturated carbocycles. The molecule has 162 valence electrons. The maximum Gasteiger partial charge on any atom is 0.357 e. The summed E-state index contributed by atoms with van der Waals surface area (Å²) >= 11 is 1.43. The van der Waals surface area contributed by atoms with Crippen molar-refractivity contribution >= 4 is 29.3 Å². The van der Waals surface area contributed by atoms with Gasteiger partial charge in [0.15, 0.2) is 17.5 Å². The number of para-hydroxylation sites is 1. The Bertz CT molecular complexity index is 1030. The molecule has 0 aliphatic carbocycles. The van der Waals surface area contributed by atoms with Gasteiger partial charge in [0.2, 0.25) is 0 Å². The summed E-state index contributed by atoms with van der Waals surface area (Å²) in [6, 6.07) is 17.4. The van der Waals surface area contributed by atoms with Crippen LogP contribution < -0.4 is 4.90 Å². The van der Waals surface area contributed by atoms with Crippen LogP contribution in [-0.4, -0.2) is 60.3 Å². The molecule has 0 aliphatic heterocycles. The van der Waals surface area contributed by atoms with E-state index in [-0.39, 0.29) is 18.2 Å². The zero-order chi connectivity index (χ0) is 22.4. The van der Waals surface area contributed by atoms with Crippen molar-refractivity contribution in [2.75, 3.05) is 38.9 Å². The molecule has 0 unspecified atom stereocenters. The van der Waals surface area contributed by atoms with E-state index in [1.165, 1.54) is 18.0 Å². The predicted octanol–water partition coefficient (Wildman–Crippen LogP) is 3.48. The van der Waals surface area contributed by atoms with Crippen LogP contribution in [0.2, 0.25) is 0 Å². The fraction of sp³-hybridized carbons (Fsp3) is 0.261. The lowest BCUT2D eigenvalue weighted by Gasteiger charge is -2.18. The second-order valence-electron chi connectivity index (χ2n) is 7.19. The number of thioether (sulfide) groups is 1. The number of rotatable bonds is 8. The number of amides is 1. The third-order valence-corrected chi connectivity index (χ3v) is 5.41. The molecule has 7 nitrogen and oxygen atoms in total. The van der Waals surface area contributed by atoms with Crippen molar-refractivity contribution in [1.29, 1.82) is 0 Å². The van der Waals surface area contributed by atoms with Crippen LogP contribution in [0.3, 0.4) is 0 Å². The fourth-order valence-corrected chi connectivity index (χ4v) is 3.57. The predicted molar refractivity (Wildman–Crippen MR) is 123 cm³/mol. The van der Waals surface area contributed by atoms with Crippen LogP contribution in [-0.2, 0) is 16.1 Å². The number of aromatic nitrogens is 2. The number of carbonyl (C=O) groups excluding carboxylic acids is 2. The van der Waals surface area contributed by atoms with Gasteiger partial charge >= 0.3 is 5.97 Å². The zero-order valence-corrected chi connectivity index (χ0v) is 18.9. The van der Waals surface area contributed by atoms with Crippen LogP contribution in [0.5, 0.6) is 0 Å². The van der Waals surface area contributed by atoms with Gasteiger partial charge in [-0.15, -0.1) is 0 Å². The maximum atomic E-state index is 12.7. The van der Waals surface area contributed by atoms with E-state index >= 15 is 0 Å². The molecule has 1 heterocycles. The van der Waals surface area contributed by atoms with E-state index in [1.54, 1.807) is 16.5 Å². The van der Waals surface area contributed by atoms with Crippen molar-refractivity contribution in [2.24, 2.45) is 0 Å². The van der Waals surface area contributed by atoms with Crippen molar-refractivity contribution in [3.05, 3.63) is 72.1 Å². The summed E-state index contributed by atoms with van der Waals surface area (Å²) in [6.45, 7) is 0.0996. The number of carbonyl (C=O) groups is 2. The number of hydrogen-bond acceptors (Lipinski definition) is 6. The molecule has 31 heavy (non-hydrogen) atoms. The first-order valence-electron chi connectivity index (χ1n) is 9.75. The normalized spacial score (nSPS) is 10.6. The van der Waals surface area contributed by atoms with Gasteiger partial charge in [-0.3, -0.25) is 9.36 Å². The smallest absolute Gasteiger partial charge is 0.357 e. The number of hydrogen-bond donors (Lipinski definition) is 0. The Labute approximate surface area is 186 Å². The van der Waals surface area contributed by atoms with Crippen LogP contribution in [0.4, 0.5) is 5.69 Å². The lowest BCUT2D eigenvalue weighted by atomic mass is 10.2. The van der Waals surface area contributed by atoms with E-state index in [0.717, 1.165) is 16.9 Å². The largest absolute Gasteiger partial charge is 0.451 e. The summed E-state index contributed by atoms with van der Waals surface area (Å²) in [5.74, 6) is -0.866. The molecule has 3 rings (SSSR count). The van der Waals surface area contributed by atoms with Gasteiger partial charge in [-0.05, 0) is 36.1 Å². The molecule has 0 aliphatic rings. The van der Waals surface area contributed by atoms with Crippen molar-refractivity contribution in [3.8, 4) is 5.69 Å². The highest BCUT2D eigenvalue weighted by molar-refractivity contribution is 7.98. The first-order valence-corrected chi connectivity index (χ1v) is 11.0. The maximum absolute atomic E-state index is 12.7. The van der Waals surface area contributed by atoms with Crippen LogP contribution in [0.1, 0.15) is 16.1 Å². The molecule has 0 fully saturated rings. The first-order chi connectivity index (χ1) is 14.9. The summed E-state index contributed by atoms with van der Waals surface area (Å²) in [5, 5.41) is 0.669. The van der Waals surface area contributed by atoms with Crippen molar-refractivity contribution in [3.63, 3.8) is 0 Å². The van der Waals surface area contributed by atoms with Gasteiger partial charge in [-0.2, -0.15) is 0 Å². The zero-order valence-electron chi connectivity index (χ0n) is 18.1. The van der Waals surface area contributed by atoms with Crippen LogP contribution in [0.25, 0.3) is 5.69 Å². The minimum absolute atomic E-state index is 0.277. The average Bonchev–Trinajstić information content (AvgIpc) is 3.22. The van der Waals surface area contributed by atoms with Crippen molar-refractivity contribution < 1.29 is 14.3 Å². The Balaban J connectivity index is 1.63. The standard InChI is InChI=1S/C23H26N4O3S/c1-25(2)18-12-10-17(11-13-18)15-26(3)21(28)16-30-22(29)20-14-24-23(31-4)27(20)19-8-6-5-7-9-19/h5-14H,15-16H2,1-4H3. The number of likely N-dealkylation sites (N-methyl/N-ethyl adjacent to an activating group) is 1. The number of nitrogens with zero attached hydrogens (tertiary/aromatic N) is 4. The molecule has 1 aromatic heterocycles. The highest BCUT2D eigenvalue weighted by Crippen LogP contribution is 2.22. The molecule has 0 N–H and O–H groups in total. The van der Waals surface area contributed by atoms with Crippen molar-refractivity contribution in [2.45, 2.75) is 11.7 Å². The lowest BCUT2D eigenvalue weighted by Crippen LogP contribution is -2.31. The summed E-state index contributed by atoms with van der Waals surface area (Å²) in [4.78, 5) is 33.0. The molecule has 0 saturated heterocycles. The Morgan fingerprint density at radius 1 is 1.03 bits per heavy atom. The quantitative estimate of drug-likeness (QED) is 0.396. The van der Waals surface area contributed by atoms with E-state index < -0.39 is 5.97 Å².